The van der Waals surface area contributed by atoms with Crippen LogP contribution in [0.3, 0.4) is 0 Å². The minimum absolute atomic E-state index is 0.229. The van der Waals surface area contributed by atoms with Gasteiger partial charge in [-0.1, -0.05) is 0 Å². The largest absolute Gasteiger partial charge is 0.455 e. The van der Waals surface area contributed by atoms with Gasteiger partial charge in [-0.3, -0.25) is 4.79 Å². The maximum absolute atomic E-state index is 12.1. The molecule has 0 aliphatic carbocycles. The minimum Gasteiger partial charge on any atom is -0.455 e. The van der Waals surface area contributed by atoms with Gasteiger partial charge in [0.2, 0.25) is 10.0 Å². The molecule has 2 N–H and O–H groups in total. The Morgan fingerprint density at radius 3 is 2.42 bits per heavy atom. The Kier molecular flexibility index (Phi) is 3.93. The van der Waals surface area contributed by atoms with Crippen LogP contribution >= 0.6 is 0 Å². The van der Waals surface area contributed by atoms with Crippen molar-refractivity contribution < 1.29 is 17.6 Å². The molecule has 106 valence electrons. The molecule has 0 atom stereocenters. The molecule has 0 unspecified atom stereocenters. The fourth-order valence-corrected chi connectivity index (χ4v) is 2.81. The van der Waals surface area contributed by atoms with Crippen LogP contribution in [0.2, 0.25) is 0 Å². The lowest BCUT2D eigenvalue weighted by molar-refractivity contribution is 0.0664. The van der Waals surface area contributed by atoms with E-state index in [4.69, 9.17) is 10.2 Å². The highest BCUT2D eigenvalue weighted by Crippen LogP contribution is 2.13. The molecule has 0 spiro atoms. The summed E-state index contributed by atoms with van der Waals surface area (Å²) in [6.45, 7) is 1.61. The van der Waals surface area contributed by atoms with Gasteiger partial charge in [0.05, 0.1) is 12.8 Å². The zero-order valence-electron chi connectivity index (χ0n) is 10.7. The molecule has 0 radical (unpaired) electrons. The van der Waals surface area contributed by atoms with Crippen molar-refractivity contribution in [3.05, 3.63) is 23.7 Å². The summed E-state index contributed by atoms with van der Waals surface area (Å²) in [4.78, 5) is 13.7. The van der Waals surface area contributed by atoms with Crippen LogP contribution in [0.5, 0.6) is 0 Å². The molecule has 1 aromatic rings. The Morgan fingerprint density at radius 2 is 1.95 bits per heavy atom. The molecule has 0 aromatic carbocycles. The van der Waals surface area contributed by atoms with Gasteiger partial charge in [0, 0.05) is 26.2 Å². The number of furan rings is 1. The fourth-order valence-electron chi connectivity index (χ4n) is 1.98. The van der Waals surface area contributed by atoms with E-state index in [1.54, 1.807) is 17.0 Å². The van der Waals surface area contributed by atoms with Crippen LogP contribution in [0, 0.1) is 0 Å². The molecule has 19 heavy (non-hydrogen) atoms. The van der Waals surface area contributed by atoms with E-state index in [2.05, 4.69) is 0 Å². The summed E-state index contributed by atoms with van der Waals surface area (Å²) in [5.74, 6) is 0.569. The van der Waals surface area contributed by atoms with Crippen molar-refractivity contribution in [2.45, 2.75) is 6.54 Å². The third kappa shape index (κ3) is 3.14. The molecule has 7 nitrogen and oxygen atoms in total. The molecule has 1 amide bonds. The Labute approximate surface area is 112 Å². The number of amides is 1. The highest BCUT2D eigenvalue weighted by molar-refractivity contribution is 7.88. The maximum atomic E-state index is 12.1. The Bertz CT molecular complexity index is 558. The number of nitrogens with zero attached hydrogens (tertiary/aromatic N) is 2. The molecule has 2 heterocycles. The Morgan fingerprint density at radius 1 is 1.32 bits per heavy atom. The topological polar surface area (TPSA) is 96.9 Å². The number of rotatable bonds is 3. The second-order valence-electron chi connectivity index (χ2n) is 4.42. The van der Waals surface area contributed by atoms with Gasteiger partial charge in [-0.15, -0.1) is 0 Å². The highest BCUT2D eigenvalue weighted by atomic mass is 32.2. The molecular formula is C11H17N3O4S. The van der Waals surface area contributed by atoms with Crippen LogP contribution in [-0.2, 0) is 16.6 Å². The van der Waals surface area contributed by atoms with E-state index in [-0.39, 0.29) is 18.2 Å². The van der Waals surface area contributed by atoms with E-state index in [9.17, 15) is 13.2 Å². The Balaban J connectivity index is 1.99. The Hall–Kier alpha value is -1.38. The molecule has 0 saturated carbocycles. The first-order chi connectivity index (χ1) is 8.91. The van der Waals surface area contributed by atoms with E-state index in [1.165, 1.54) is 10.6 Å². The monoisotopic (exact) mass is 287 g/mol. The summed E-state index contributed by atoms with van der Waals surface area (Å²) >= 11 is 0. The van der Waals surface area contributed by atoms with Gasteiger partial charge in [0.1, 0.15) is 5.76 Å². The molecule has 2 rings (SSSR count). The summed E-state index contributed by atoms with van der Waals surface area (Å²) in [6.07, 6.45) is 1.17. The van der Waals surface area contributed by atoms with Crippen molar-refractivity contribution in [2.75, 3.05) is 32.4 Å². The first-order valence-corrected chi connectivity index (χ1v) is 7.80. The number of hydrogen-bond acceptors (Lipinski definition) is 5. The first-order valence-electron chi connectivity index (χ1n) is 5.95. The summed E-state index contributed by atoms with van der Waals surface area (Å²) < 4.78 is 29.4. The van der Waals surface area contributed by atoms with E-state index in [1.807, 2.05) is 0 Å². The maximum Gasteiger partial charge on any atom is 0.289 e. The van der Waals surface area contributed by atoms with Crippen LogP contribution in [0.1, 0.15) is 16.3 Å². The van der Waals surface area contributed by atoms with Crippen LogP contribution in [0.4, 0.5) is 0 Å². The summed E-state index contributed by atoms with van der Waals surface area (Å²) in [7, 11) is -3.18. The number of piperazine rings is 1. The highest BCUT2D eigenvalue weighted by Gasteiger charge is 2.27. The molecule has 8 heteroatoms. The molecule has 0 bridgehead atoms. The predicted octanol–water partition coefficient (Wildman–Crippen LogP) is -0.544. The van der Waals surface area contributed by atoms with Gasteiger partial charge in [-0.25, -0.2) is 8.42 Å². The fraction of sp³-hybridized carbons (Fsp3) is 0.545. The lowest BCUT2D eigenvalue weighted by Gasteiger charge is -2.32. The number of carbonyl (C=O) groups excluding carboxylic acids is 1. The molecule has 1 aliphatic heterocycles. The van der Waals surface area contributed by atoms with Crippen molar-refractivity contribution in [1.29, 1.82) is 0 Å². The van der Waals surface area contributed by atoms with Crippen molar-refractivity contribution >= 4 is 15.9 Å². The average molecular weight is 287 g/mol. The van der Waals surface area contributed by atoms with Crippen molar-refractivity contribution in [3.8, 4) is 0 Å². The van der Waals surface area contributed by atoms with Gasteiger partial charge >= 0.3 is 0 Å². The quantitative estimate of drug-likeness (QED) is 0.805. The number of hydrogen-bond donors (Lipinski definition) is 1. The number of nitrogens with two attached hydrogens (primary N) is 1. The van der Waals surface area contributed by atoms with Gasteiger partial charge in [-0.05, 0) is 12.1 Å². The number of carbonyl (C=O) groups is 1. The lowest BCUT2D eigenvalue weighted by atomic mass is 10.3. The second kappa shape index (κ2) is 5.32. The predicted molar refractivity (Wildman–Crippen MR) is 68.9 cm³/mol. The van der Waals surface area contributed by atoms with Gasteiger partial charge < -0.3 is 15.1 Å². The molecular weight excluding hydrogens is 270 g/mol. The normalized spacial score (nSPS) is 17.7. The van der Waals surface area contributed by atoms with Gasteiger partial charge in [0.25, 0.3) is 5.91 Å². The van der Waals surface area contributed by atoms with Crippen LogP contribution in [0.25, 0.3) is 0 Å². The minimum atomic E-state index is -3.18. The van der Waals surface area contributed by atoms with Crippen LogP contribution in [0.15, 0.2) is 16.5 Å². The number of sulfonamides is 1. The third-order valence-corrected chi connectivity index (χ3v) is 4.37. The third-order valence-electron chi connectivity index (χ3n) is 3.07. The van der Waals surface area contributed by atoms with E-state index in [0.29, 0.717) is 31.9 Å². The van der Waals surface area contributed by atoms with Crippen LogP contribution in [-0.4, -0.2) is 56.0 Å². The summed E-state index contributed by atoms with van der Waals surface area (Å²) in [5, 5.41) is 0. The van der Waals surface area contributed by atoms with E-state index < -0.39 is 10.0 Å². The zero-order valence-corrected chi connectivity index (χ0v) is 11.5. The van der Waals surface area contributed by atoms with Gasteiger partial charge in [0.15, 0.2) is 5.76 Å². The summed E-state index contributed by atoms with van der Waals surface area (Å²) in [6, 6.07) is 3.26. The first kappa shape index (κ1) is 14.0. The smallest absolute Gasteiger partial charge is 0.289 e. The van der Waals surface area contributed by atoms with Crippen molar-refractivity contribution in [3.63, 3.8) is 0 Å². The zero-order chi connectivity index (χ0) is 14.0. The van der Waals surface area contributed by atoms with Gasteiger partial charge in [-0.2, -0.15) is 4.31 Å². The van der Waals surface area contributed by atoms with Crippen molar-refractivity contribution in [1.82, 2.24) is 9.21 Å². The van der Waals surface area contributed by atoms with Crippen molar-refractivity contribution in [2.24, 2.45) is 5.73 Å². The summed E-state index contributed by atoms with van der Waals surface area (Å²) in [5.41, 5.74) is 5.42. The molecule has 1 saturated heterocycles. The van der Waals surface area contributed by atoms with E-state index >= 15 is 0 Å². The average Bonchev–Trinajstić information content (AvgIpc) is 2.86. The standard InChI is InChI=1S/C11H17N3O4S/c1-19(16,17)14-6-4-13(5-7-14)11(15)10-3-2-9(8-12)18-10/h2-3H,4-8,12H2,1H3. The molecule has 1 aliphatic rings. The van der Waals surface area contributed by atoms with E-state index in [0.717, 1.165) is 0 Å². The van der Waals surface area contributed by atoms with Crippen LogP contribution < -0.4 is 5.73 Å². The second-order valence-corrected chi connectivity index (χ2v) is 6.41. The SMILES string of the molecule is CS(=O)(=O)N1CCN(C(=O)c2ccc(CN)o2)CC1. The lowest BCUT2D eigenvalue weighted by Crippen LogP contribution is -2.50. The molecule has 1 fully saturated rings. The molecule has 1 aromatic heterocycles.